The lowest BCUT2D eigenvalue weighted by Crippen LogP contribution is -2.46. The summed E-state index contributed by atoms with van der Waals surface area (Å²) in [5, 5.41) is 2.94. The molecule has 112 valence electrons. The molecule has 2 heterocycles. The van der Waals surface area contributed by atoms with Crippen LogP contribution in [0.5, 0.6) is 0 Å². The molecule has 1 amide bonds. The zero-order chi connectivity index (χ0) is 14.2. The van der Waals surface area contributed by atoms with Gasteiger partial charge in [-0.3, -0.25) is 4.79 Å². The summed E-state index contributed by atoms with van der Waals surface area (Å²) in [7, 11) is 0. The number of likely N-dealkylation sites (N-methyl/N-ethyl adjacent to an activating group) is 1. The van der Waals surface area contributed by atoms with E-state index in [0.717, 1.165) is 44.9 Å². The van der Waals surface area contributed by atoms with Crippen molar-refractivity contribution in [3.8, 4) is 0 Å². The Bertz CT molecular complexity index is 384. The van der Waals surface area contributed by atoms with Crippen LogP contribution in [0, 0.1) is 0 Å². The molecule has 1 aromatic heterocycles. The van der Waals surface area contributed by atoms with Gasteiger partial charge in [-0.2, -0.15) is 0 Å². The normalized spacial score (nSPS) is 17.2. The molecule has 0 saturated carbocycles. The summed E-state index contributed by atoms with van der Waals surface area (Å²) in [5.74, 6) is 0.758. The molecule has 0 unspecified atom stereocenters. The maximum absolute atomic E-state index is 11.7. The monoisotopic (exact) mass is 279 g/mol. The third-order valence-corrected chi connectivity index (χ3v) is 3.80. The van der Waals surface area contributed by atoms with Gasteiger partial charge in [0.25, 0.3) is 0 Å². The van der Waals surface area contributed by atoms with Gasteiger partial charge >= 0.3 is 0 Å². The largest absolute Gasteiger partial charge is 0.469 e. The van der Waals surface area contributed by atoms with E-state index in [2.05, 4.69) is 22.0 Å². The molecule has 0 aromatic carbocycles. The second kappa shape index (κ2) is 8.07. The Balaban J connectivity index is 1.52. The van der Waals surface area contributed by atoms with Crippen molar-refractivity contribution < 1.29 is 9.21 Å². The molecule has 0 spiro atoms. The van der Waals surface area contributed by atoms with Gasteiger partial charge in [-0.05, 0) is 31.6 Å². The molecular weight excluding hydrogens is 254 g/mol. The number of nitrogens with zero attached hydrogens (tertiary/aromatic N) is 2. The number of rotatable bonds is 7. The third-order valence-electron chi connectivity index (χ3n) is 3.80. The summed E-state index contributed by atoms with van der Waals surface area (Å²) < 4.78 is 5.15. The highest BCUT2D eigenvalue weighted by Crippen LogP contribution is 2.02. The second-order valence-electron chi connectivity index (χ2n) is 5.24. The van der Waals surface area contributed by atoms with E-state index in [1.807, 2.05) is 6.07 Å². The molecule has 1 aromatic rings. The molecule has 0 radical (unpaired) electrons. The smallest absolute Gasteiger partial charge is 0.227 e. The quantitative estimate of drug-likeness (QED) is 0.756. The summed E-state index contributed by atoms with van der Waals surface area (Å²) in [6.07, 6.45) is 2.94. The van der Waals surface area contributed by atoms with E-state index < -0.39 is 0 Å². The van der Waals surface area contributed by atoms with Crippen LogP contribution in [0.1, 0.15) is 19.1 Å². The van der Waals surface area contributed by atoms with Crippen molar-refractivity contribution in [2.75, 3.05) is 45.8 Å². The predicted molar refractivity (Wildman–Crippen MR) is 78.6 cm³/mol. The summed E-state index contributed by atoms with van der Waals surface area (Å²) in [4.78, 5) is 16.6. The summed E-state index contributed by atoms with van der Waals surface area (Å²) >= 11 is 0. The zero-order valence-electron chi connectivity index (χ0n) is 12.3. The van der Waals surface area contributed by atoms with Gasteiger partial charge in [-0.25, -0.2) is 0 Å². The van der Waals surface area contributed by atoms with Crippen LogP contribution < -0.4 is 5.32 Å². The highest BCUT2D eigenvalue weighted by Gasteiger charge is 2.14. The van der Waals surface area contributed by atoms with E-state index in [0.29, 0.717) is 6.42 Å². The number of carbonyl (C=O) groups is 1. The van der Waals surface area contributed by atoms with E-state index in [9.17, 15) is 4.79 Å². The van der Waals surface area contributed by atoms with Crippen molar-refractivity contribution in [3.05, 3.63) is 24.2 Å². The van der Waals surface area contributed by atoms with Gasteiger partial charge in [0.05, 0.1) is 12.7 Å². The summed E-state index contributed by atoms with van der Waals surface area (Å²) in [6, 6.07) is 3.63. The van der Waals surface area contributed by atoms with Crippen molar-refractivity contribution in [2.24, 2.45) is 0 Å². The van der Waals surface area contributed by atoms with Crippen LogP contribution in [0.3, 0.4) is 0 Å². The number of piperazine rings is 1. The number of hydrogen-bond donors (Lipinski definition) is 1. The van der Waals surface area contributed by atoms with E-state index in [1.165, 1.54) is 13.1 Å². The second-order valence-corrected chi connectivity index (χ2v) is 5.24. The SMILES string of the molecule is CCN1CCN(CCCNC(=O)Cc2ccco2)CC1. The van der Waals surface area contributed by atoms with Gasteiger partial charge in [0.15, 0.2) is 0 Å². The van der Waals surface area contributed by atoms with Crippen LogP contribution in [0.2, 0.25) is 0 Å². The van der Waals surface area contributed by atoms with Crippen molar-refractivity contribution >= 4 is 5.91 Å². The number of hydrogen-bond acceptors (Lipinski definition) is 4. The Hall–Kier alpha value is -1.33. The van der Waals surface area contributed by atoms with Gasteiger partial charge in [0.2, 0.25) is 5.91 Å². The zero-order valence-corrected chi connectivity index (χ0v) is 12.3. The average molecular weight is 279 g/mol. The maximum Gasteiger partial charge on any atom is 0.227 e. The number of carbonyl (C=O) groups excluding carboxylic acids is 1. The Labute approximate surface area is 120 Å². The van der Waals surface area contributed by atoms with E-state index in [4.69, 9.17) is 4.42 Å². The standard InChI is InChI=1S/C15H25N3O2/c1-2-17-8-10-18(11-9-17)7-4-6-16-15(19)13-14-5-3-12-20-14/h3,5,12H,2,4,6-11,13H2,1H3,(H,16,19). The minimum atomic E-state index is 0.0377. The Kier molecular flexibility index (Phi) is 6.08. The van der Waals surface area contributed by atoms with E-state index in [1.54, 1.807) is 12.3 Å². The average Bonchev–Trinajstić information content (AvgIpc) is 2.97. The lowest BCUT2D eigenvalue weighted by atomic mass is 10.2. The van der Waals surface area contributed by atoms with Crippen molar-refractivity contribution in [2.45, 2.75) is 19.8 Å². The van der Waals surface area contributed by atoms with Crippen molar-refractivity contribution in [3.63, 3.8) is 0 Å². The molecule has 1 fully saturated rings. The number of amides is 1. The van der Waals surface area contributed by atoms with Gasteiger partial charge in [0.1, 0.15) is 5.76 Å². The molecule has 5 nitrogen and oxygen atoms in total. The topological polar surface area (TPSA) is 48.7 Å². The van der Waals surface area contributed by atoms with Crippen LogP contribution in [-0.2, 0) is 11.2 Å². The van der Waals surface area contributed by atoms with Crippen LogP contribution >= 0.6 is 0 Å². The fraction of sp³-hybridized carbons (Fsp3) is 0.667. The Morgan fingerprint density at radius 2 is 2.05 bits per heavy atom. The molecule has 1 saturated heterocycles. The first-order chi connectivity index (χ1) is 9.78. The maximum atomic E-state index is 11.7. The molecule has 1 aliphatic rings. The van der Waals surface area contributed by atoms with Gasteiger partial charge in [-0.15, -0.1) is 0 Å². The number of furan rings is 1. The minimum Gasteiger partial charge on any atom is -0.469 e. The van der Waals surface area contributed by atoms with Gasteiger partial charge in [0, 0.05) is 32.7 Å². The molecule has 0 aliphatic carbocycles. The Morgan fingerprint density at radius 3 is 2.70 bits per heavy atom. The third kappa shape index (κ3) is 4.98. The molecular formula is C15H25N3O2. The first kappa shape index (κ1) is 15.1. The first-order valence-electron chi connectivity index (χ1n) is 7.51. The highest BCUT2D eigenvalue weighted by molar-refractivity contribution is 5.77. The van der Waals surface area contributed by atoms with Gasteiger partial charge < -0.3 is 19.5 Å². The fourth-order valence-corrected chi connectivity index (χ4v) is 2.49. The van der Waals surface area contributed by atoms with Crippen LogP contribution in [0.25, 0.3) is 0 Å². The van der Waals surface area contributed by atoms with Gasteiger partial charge in [-0.1, -0.05) is 6.92 Å². The molecule has 20 heavy (non-hydrogen) atoms. The van der Waals surface area contributed by atoms with Crippen LogP contribution in [0.15, 0.2) is 22.8 Å². The van der Waals surface area contributed by atoms with Crippen molar-refractivity contribution in [1.29, 1.82) is 0 Å². The predicted octanol–water partition coefficient (Wildman–Crippen LogP) is 0.966. The first-order valence-corrected chi connectivity index (χ1v) is 7.51. The summed E-state index contributed by atoms with van der Waals surface area (Å²) in [6.45, 7) is 9.80. The summed E-state index contributed by atoms with van der Waals surface area (Å²) in [5.41, 5.74) is 0. The number of nitrogens with one attached hydrogen (secondary N) is 1. The lowest BCUT2D eigenvalue weighted by Gasteiger charge is -2.33. The molecule has 2 rings (SSSR count). The highest BCUT2D eigenvalue weighted by atomic mass is 16.3. The minimum absolute atomic E-state index is 0.0377. The Morgan fingerprint density at radius 1 is 1.30 bits per heavy atom. The fourth-order valence-electron chi connectivity index (χ4n) is 2.49. The molecule has 5 heteroatoms. The molecule has 0 atom stereocenters. The van der Waals surface area contributed by atoms with Crippen LogP contribution in [0.4, 0.5) is 0 Å². The molecule has 0 bridgehead atoms. The lowest BCUT2D eigenvalue weighted by molar-refractivity contribution is -0.120. The van der Waals surface area contributed by atoms with Crippen LogP contribution in [-0.4, -0.2) is 61.5 Å². The molecule has 1 N–H and O–H groups in total. The van der Waals surface area contributed by atoms with E-state index in [-0.39, 0.29) is 5.91 Å². The van der Waals surface area contributed by atoms with Crippen molar-refractivity contribution in [1.82, 2.24) is 15.1 Å². The molecule has 1 aliphatic heterocycles. The van der Waals surface area contributed by atoms with E-state index >= 15 is 0 Å².